The van der Waals surface area contributed by atoms with E-state index < -0.39 is 0 Å². The summed E-state index contributed by atoms with van der Waals surface area (Å²) >= 11 is 1.62. The van der Waals surface area contributed by atoms with Crippen LogP contribution in [0.3, 0.4) is 0 Å². The molecule has 0 saturated heterocycles. The van der Waals surface area contributed by atoms with Crippen LogP contribution in [0, 0.1) is 6.92 Å². The van der Waals surface area contributed by atoms with Crippen molar-refractivity contribution in [2.75, 3.05) is 6.54 Å². The van der Waals surface area contributed by atoms with Gasteiger partial charge in [0.1, 0.15) is 5.01 Å². The minimum absolute atomic E-state index is 0.0887. The van der Waals surface area contributed by atoms with E-state index in [4.69, 9.17) is 0 Å². The van der Waals surface area contributed by atoms with Crippen LogP contribution in [0.25, 0.3) is 0 Å². The molecule has 0 unspecified atom stereocenters. The molecule has 4 nitrogen and oxygen atoms in total. The van der Waals surface area contributed by atoms with Crippen molar-refractivity contribution in [3.05, 3.63) is 16.1 Å². The fourth-order valence-electron chi connectivity index (χ4n) is 1.27. The maximum Gasteiger partial charge on any atom is 0.234 e. The van der Waals surface area contributed by atoms with Gasteiger partial charge in [-0.1, -0.05) is 0 Å². The van der Waals surface area contributed by atoms with Crippen molar-refractivity contribution in [3.8, 4) is 0 Å². The summed E-state index contributed by atoms with van der Waals surface area (Å²) in [5.74, 6) is 0.0887. The van der Waals surface area contributed by atoms with Crippen molar-refractivity contribution in [3.63, 3.8) is 0 Å². The molecule has 1 aliphatic carbocycles. The Labute approximate surface area is 93.1 Å². The van der Waals surface area contributed by atoms with E-state index >= 15 is 0 Å². The molecule has 1 aromatic heterocycles. The zero-order valence-corrected chi connectivity index (χ0v) is 9.56. The molecule has 1 aromatic rings. The average molecular weight is 225 g/mol. The first-order chi connectivity index (χ1) is 7.24. The summed E-state index contributed by atoms with van der Waals surface area (Å²) in [6.45, 7) is 3.03. The highest BCUT2D eigenvalue weighted by Crippen LogP contribution is 2.18. The van der Waals surface area contributed by atoms with Gasteiger partial charge in [-0.3, -0.25) is 4.79 Å². The van der Waals surface area contributed by atoms with Crippen molar-refractivity contribution in [2.45, 2.75) is 32.4 Å². The van der Waals surface area contributed by atoms with E-state index in [2.05, 4.69) is 15.6 Å². The Balaban J connectivity index is 1.63. The summed E-state index contributed by atoms with van der Waals surface area (Å²) < 4.78 is 0. The Morgan fingerprint density at radius 1 is 1.67 bits per heavy atom. The van der Waals surface area contributed by atoms with Crippen LogP contribution in [0.1, 0.15) is 23.5 Å². The Morgan fingerprint density at radius 3 is 3.07 bits per heavy atom. The molecule has 1 heterocycles. The molecule has 1 amide bonds. The predicted octanol–water partition coefficient (Wildman–Crippen LogP) is 0.820. The van der Waals surface area contributed by atoms with Crippen LogP contribution >= 0.6 is 11.3 Å². The molecular weight excluding hydrogens is 210 g/mol. The third-order valence-electron chi connectivity index (χ3n) is 2.17. The van der Waals surface area contributed by atoms with Gasteiger partial charge in [-0.05, 0) is 19.8 Å². The van der Waals surface area contributed by atoms with Crippen LogP contribution in [0.5, 0.6) is 0 Å². The minimum Gasteiger partial charge on any atom is -0.352 e. The Hall–Kier alpha value is -0.940. The van der Waals surface area contributed by atoms with Crippen molar-refractivity contribution in [2.24, 2.45) is 0 Å². The van der Waals surface area contributed by atoms with E-state index in [1.165, 1.54) is 0 Å². The Kier molecular flexibility index (Phi) is 3.33. The first-order valence-corrected chi connectivity index (χ1v) is 6.03. The third kappa shape index (κ3) is 3.60. The molecule has 15 heavy (non-hydrogen) atoms. The fourth-order valence-corrected chi connectivity index (χ4v) is 2.01. The van der Waals surface area contributed by atoms with Gasteiger partial charge in [-0.25, -0.2) is 4.98 Å². The number of hydrogen-bond acceptors (Lipinski definition) is 4. The molecular formula is C10H15N3OS. The first kappa shape index (κ1) is 10.6. The number of aromatic nitrogens is 1. The second-order valence-electron chi connectivity index (χ2n) is 3.83. The summed E-state index contributed by atoms with van der Waals surface area (Å²) in [7, 11) is 0. The van der Waals surface area contributed by atoms with Crippen molar-refractivity contribution in [1.82, 2.24) is 15.6 Å². The Bertz CT molecular complexity index is 346. The quantitative estimate of drug-likeness (QED) is 0.780. The van der Waals surface area contributed by atoms with Crippen LogP contribution in [0.2, 0.25) is 0 Å². The van der Waals surface area contributed by atoms with Crippen LogP contribution in [-0.2, 0) is 11.3 Å². The molecule has 2 N–H and O–H groups in total. The molecule has 1 saturated carbocycles. The average Bonchev–Trinajstić information content (AvgIpc) is 2.89. The maximum absolute atomic E-state index is 11.3. The summed E-state index contributed by atoms with van der Waals surface area (Å²) in [6, 6.07) is 0.446. The lowest BCUT2D eigenvalue weighted by Crippen LogP contribution is -2.34. The van der Waals surface area contributed by atoms with E-state index in [1.54, 1.807) is 11.3 Å². The fraction of sp³-hybridized carbons (Fsp3) is 0.600. The number of carbonyl (C=O) groups excluding carboxylic acids is 1. The highest BCUT2D eigenvalue weighted by atomic mass is 32.1. The molecule has 1 aliphatic rings. The summed E-state index contributed by atoms with van der Waals surface area (Å²) in [6.07, 6.45) is 2.27. The summed E-state index contributed by atoms with van der Waals surface area (Å²) in [5.41, 5.74) is 1.04. The number of amides is 1. The van der Waals surface area contributed by atoms with Crippen molar-refractivity contribution < 1.29 is 4.79 Å². The molecule has 0 bridgehead atoms. The number of nitrogens with one attached hydrogen (secondary N) is 2. The van der Waals surface area contributed by atoms with Gasteiger partial charge in [0.15, 0.2) is 0 Å². The number of hydrogen-bond donors (Lipinski definition) is 2. The highest BCUT2D eigenvalue weighted by molar-refractivity contribution is 7.09. The van der Waals surface area contributed by atoms with Crippen LogP contribution in [-0.4, -0.2) is 23.5 Å². The van der Waals surface area contributed by atoms with Crippen LogP contribution in [0.15, 0.2) is 5.38 Å². The molecule has 82 valence electrons. The largest absolute Gasteiger partial charge is 0.352 e. The number of rotatable bonds is 5. The lowest BCUT2D eigenvalue weighted by atomic mass is 10.5. The molecule has 0 atom stereocenters. The molecule has 0 radical (unpaired) electrons. The first-order valence-electron chi connectivity index (χ1n) is 5.15. The van der Waals surface area contributed by atoms with E-state index in [0.29, 0.717) is 19.1 Å². The lowest BCUT2D eigenvalue weighted by Gasteiger charge is -2.03. The second kappa shape index (κ2) is 4.72. The molecule has 0 aromatic carbocycles. The van der Waals surface area contributed by atoms with E-state index in [1.807, 2.05) is 12.3 Å². The van der Waals surface area contributed by atoms with E-state index in [0.717, 1.165) is 23.5 Å². The van der Waals surface area contributed by atoms with Crippen molar-refractivity contribution >= 4 is 17.2 Å². The zero-order valence-electron chi connectivity index (χ0n) is 8.75. The monoisotopic (exact) mass is 225 g/mol. The molecule has 0 spiro atoms. The predicted molar refractivity (Wildman–Crippen MR) is 59.7 cm³/mol. The van der Waals surface area contributed by atoms with Gasteiger partial charge in [0.25, 0.3) is 0 Å². The van der Waals surface area contributed by atoms with Crippen LogP contribution < -0.4 is 10.6 Å². The minimum atomic E-state index is 0.0887. The smallest absolute Gasteiger partial charge is 0.234 e. The number of nitrogens with zero attached hydrogens (tertiary/aromatic N) is 1. The topological polar surface area (TPSA) is 54.0 Å². The normalized spacial score (nSPS) is 15.3. The van der Waals surface area contributed by atoms with Gasteiger partial charge in [0, 0.05) is 23.7 Å². The number of carbonyl (C=O) groups is 1. The zero-order chi connectivity index (χ0) is 10.7. The second-order valence-corrected chi connectivity index (χ2v) is 4.77. The van der Waals surface area contributed by atoms with E-state index in [-0.39, 0.29) is 5.91 Å². The summed E-state index contributed by atoms with van der Waals surface area (Å²) in [4.78, 5) is 15.6. The Morgan fingerprint density at radius 2 is 2.47 bits per heavy atom. The molecule has 5 heteroatoms. The lowest BCUT2D eigenvalue weighted by molar-refractivity contribution is -0.120. The van der Waals surface area contributed by atoms with Gasteiger partial charge in [-0.2, -0.15) is 0 Å². The SMILES string of the molecule is Cc1csc(CNCC(=O)NC2CC2)n1. The molecule has 2 rings (SSSR count). The van der Waals surface area contributed by atoms with Gasteiger partial charge in [0.2, 0.25) is 5.91 Å². The van der Waals surface area contributed by atoms with Gasteiger partial charge in [0.05, 0.1) is 6.54 Å². The maximum atomic E-state index is 11.3. The molecule has 0 aliphatic heterocycles. The highest BCUT2D eigenvalue weighted by Gasteiger charge is 2.22. The number of thiazole rings is 1. The van der Waals surface area contributed by atoms with Gasteiger partial charge >= 0.3 is 0 Å². The van der Waals surface area contributed by atoms with Crippen LogP contribution in [0.4, 0.5) is 0 Å². The molecule has 1 fully saturated rings. The van der Waals surface area contributed by atoms with Gasteiger partial charge < -0.3 is 10.6 Å². The standard InChI is InChI=1S/C10H15N3OS/c1-7-6-15-10(12-7)5-11-4-9(14)13-8-2-3-8/h6,8,11H,2-5H2,1H3,(H,13,14). The third-order valence-corrected chi connectivity index (χ3v) is 3.14. The van der Waals surface area contributed by atoms with Crippen molar-refractivity contribution in [1.29, 1.82) is 0 Å². The van der Waals surface area contributed by atoms with Gasteiger partial charge in [-0.15, -0.1) is 11.3 Å². The summed E-state index contributed by atoms with van der Waals surface area (Å²) in [5, 5.41) is 9.06. The van der Waals surface area contributed by atoms with E-state index in [9.17, 15) is 4.79 Å². The number of aryl methyl sites for hydroxylation is 1.